The average molecular weight is 331 g/mol. The maximum atomic E-state index is 12.1. The first kappa shape index (κ1) is 16.0. The second-order valence-electron chi connectivity index (χ2n) is 5.96. The van der Waals surface area contributed by atoms with Gasteiger partial charge in [0, 0.05) is 30.1 Å². The number of amides is 1. The molecule has 7 heteroatoms. The summed E-state index contributed by atoms with van der Waals surface area (Å²) in [4.78, 5) is 13.2. The summed E-state index contributed by atoms with van der Waals surface area (Å²) in [6.07, 6.45) is 5.40. The zero-order valence-corrected chi connectivity index (χ0v) is 13.9. The molecule has 23 heavy (non-hydrogen) atoms. The summed E-state index contributed by atoms with van der Waals surface area (Å²) in [5, 5.41) is 11.7. The SMILES string of the molecule is Cn1cnnc1Sc1ccc(NC(=O)C[C@@H]2CCC[C@H]2N)cc1. The molecular weight excluding hydrogens is 310 g/mol. The second-order valence-corrected chi connectivity index (χ2v) is 7.00. The Morgan fingerprint density at radius 1 is 1.39 bits per heavy atom. The maximum absolute atomic E-state index is 12.1. The van der Waals surface area contributed by atoms with E-state index in [0.29, 0.717) is 12.3 Å². The molecule has 3 N–H and O–H groups in total. The minimum Gasteiger partial charge on any atom is -0.327 e. The van der Waals surface area contributed by atoms with Gasteiger partial charge in [-0.05, 0) is 54.8 Å². The van der Waals surface area contributed by atoms with E-state index >= 15 is 0 Å². The van der Waals surface area contributed by atoms with Crippen molar-refractivity contribution in [2.45, 2.75) is 41.8 Å². The van der Waals surface area contributed by atoms with E-state index < -0.39 is 0 Å². The Hall–Kier alpha value is -1.86. The highest BCUT2D eigenvalue weighted by atomic mass is 32.2. The number of benzene rings is 1. The summed E-state index contributed by atoms with van der Waals surface area (Å²) in [5.74, 6) is 0.363. The molecule has 1 fully saturated rings. The van der Waals surface area contributed by atoms with Gasteiger partial charge in [0.25, 0.3) is 0 Å². The van der Waals surface area contributed by atoms with Gasteiger partial charge in [0.15, 0.2) is 5.16 Å². The average Bonchev–Trinajstić information content (AvgIpc) is 3.11. The number of nitrogens with one attached hydrogen (secondary N) is 1. The van der Waals surface area contributed by atoms with Crippen LogP contribution in [-0.4, -0.2) is 26.7 Å². The third kappa shape index (κ3) is 4.11. The molecule has 3 rings (SSSR count). The van der Waals surface area contributed by atoms with Crippen LogP contribution in [0, 0.1) is 5.92 Å². The van der Waals surface area contributed by atoms with Gasteiger partial charge < -0.3 is 15.6 Å². The number of nitrogens with zero attached hydrogens (tertiary/aromatic N) is 3. The van der Waals surface area contributed by atoms with Gasteiger partial charge in [-0.3, -0.25) is 4.79 Å². The summed E-state index contributed by atoms with van der Waals surface area (Å²) in [6.45, 7) is 0. The number of nitrogens with two attached hydrogens (primary N) is 1. The third-order valence-corrected chi connectivity index (χ3v) is 5.24. The molecule has 0 aliphatic heterocycles. The molecule has 0 bridgehead atoms. The smallest absolute Gasteiger partial charge is 0.224 e. The summed E-state index contributed by atoms with van der Waals surface area (Å²) < 4.78 is 1.87. The largest absolute Gasteiger partial charge is 0.327 e. The molecule has 2 aromatic rings. The van der Waals surface area contributed by atoms with E-state index in [4.69, 9.17) is 5.73 Å². The molecule has 0 radical (unpaired) electrons. The fraction of sp³-hybridized carbons (Fsp3) is 0.438. The lowest BCUT2D eigenvalue weighted by atomic mass is 10.00. The lowest BCUT2D eigenvalue weighted by molar-refractivity contribution is -0.117. The van der Waals surface area contributed by atoms with Gasteiger partial charge in [0.1, 0.15) is 6.33 Å². The van der Waals surface area contributed by atoms with Gasteiger partial charge in [0.05, 0.1) is 0 Å². The number of anilines is 1. The molecule has 1 saturated carbocycles. The highest BCUT2D eigenvalue weighted by Crippen LogP contribution is 2.28. The molecule has 1 amide bonds. The molecule has 1 aromatic heterocycles. The zero-order valence-electron chi connectivity index (χ0n) is 13.1. The van der Waals surface area contributed by atoms with E-state index in [0.717, 1.165) is 35.0 Å². The maximum Gasteiger partial charge on any atom is 0.224 e. The molecule has 1 aliphatic rings. The summed E-state index contributed by atoms with van der Waals surface area (Å²) in [5.41, 5.74) is 6.83. The second kappa shape index (κ2) is 7.14. The van der Waals surface area contributed by atoms with Gasteiger partial charge in [0.2, 0.25) is 5.91 Å². The van der Waals surface area contributed by atoms with Crippen molar-refractivity contribution in [2.75, 3.05) is 5.32 Å². The van der Waals surface area contributed by atoms with E-state index in [1.54, 1.807) is 6.33 Å². The first-order valence-electron chi connectivity index (χ1n) is 7.79. The van der Waals surface area contributed by atoms with Gasteiger partial charge in [-0.25, -0.2) is 0 Å². The van der Waals surface area contributed by atoms with Crippen molar-refractivity contribution < 1.29 is 4.79 Å². The third-order valence-electron chi connectivity index (χ3n) is 4.18. The minimum absolute atomic E-state index is 0.0426. The van der Waals surface area contributed by atoms with E-state index in [-0.39, 0.29) is 11.9 Å². The predicted octanol–water partition coefficient (Wildman–Crippen LogP) is 2.42. The van der Waals surface area contributed by atoms with E-state index in [1.165, 1.54) is 11.8 Å². The summed E-state index contributed by atoms with van der Waals surface area (Å²) in [6, 6.07) is 7.93. The standard InChI is InChI=1S/C16H21N5OS/c1-21-10-18-20-16(21)23-13-7-5-12(6-8-13)19-15(22)9-11-3-2-4-14(11)17/h5-8,10-11,14H,2-4,9,17H2,1H3,(H,19,22)/t11-,14+/m0/s1. The van der Waals surface area contributed by atoms with Crippen LogP contribution in [0.25, 0.3) is 0 Å². The number of carbonyl (C=O) groups excluding carboxylic acids is 1. The number of aryl methyl sites for hydroxylation is 1. The Bertz CT molecular complexity index is 669. The number of carbonyl (C=O) groups is 1. The first-order valence-corrected chi connectivity index (χ1v) is 8.61. The summed E-state index contributed by atoms with van der Waals surface area (Å²) >= 11 is 1.54. The van der Waals surface area contributed by atoms with E-state index in [1.807, 2.05) is 35.9 Å². The van der Waals surface area contributed by atoms with Crippen molar-refractivity contribution in [2.24, 2.45) is 18.7 Å². The topological polar surface area (TPSA) is 85.8 Å². The molecule has 2 atom stereocenters. The molecule has 6 nitrogen and oxygen atoms in total. The van der Waals surface area contributed by atoms with Crippen molar-refractivity contribution >= 4 is 23.4 Å². The Morgan fingerprint density at radius 3 is 2.78 bits per heavy atom. The van der Waals surface area contributed by atoms with Crippen LogP contribution in [0.5, 0.6) is 0 Å². The van der Waals surface area contributed by atoms with Crippen LogP contribution in [0.2, 0.25) is 0 Å². The Labute approximate surface area is 139 Å². The Balaban J connectivity index is 1.55. The fourth-order valence-electron chi connectivity index (χ4n) is 2.85. The van der Waals surface area contributed by atoms with E-state index in [2.05, 4.69) is 15.5 Å². The lowest BCUT2D eigenvalue weighted by Crippen LogP contribution is -2.28. The molecule has 0 unspecified atom stereocenters. The van der Waals surface area contributed by atoms with Crippen LogP contribution in [0.1, 0.15) is 25.7 Å². The van der Waals surface area contributed by atoms with Crippen LogP contribution >= 0.6 is 11.8 Å². The van der Waals surface area contributed by atoms with E-state index in [9.17, 15) is 4.79 Å². The van der Waals surface area contributed by atoms with Crippen LogP contribution in [-0.2, 0) is 11.8 Å². The number of hydrogen-bond donors (Lipinski definition) is 2. The number of rotatable bonds is 5. The number of hydrogen-bond acceptors (Lipinski definition) is 5. The van der Waals surface area contributed by atoms with Crippen molar-refractivity contribution in [3.05, 3.63) is 30.6 Å². The molecular formula is C16H21N5OS. The van der Waals surface area contributed by atoms with Gasteiger partial charge in [-0.15, -0.1) is 10.2 Å². The van der Waals surface area contributed by atoms with Crippen molar-refractivity contribution in [1.29, 1.82) is 0 Å². The molecule has 0 spiro atoms. The van der Waals surface area contributed by atoms with Crippen LogP contribution < -0.4 is 11.1 Å². The number of aromatic nitrogens is 3. The minimum atomic E-state index is 0.0426. The fourth-order valence-corrected chi connectivity index (χ4v) is 3.61. The normalized spacial score (nSPS) is 20.6. The molecule has 1 aromatic carbocycles. The highest BCUT2D eigenvalue weighted by Gasteiger charge is 2.25. The molecule has 1 heterocycles. The summed E-state index contributed by atoms with van der Waals surface area (Å²) in [7, 11) is 1.91. The van der Waals surface area contributed by atoms with Gasteiger partial charge in [-0.1, -0.05) is 6.42 Å². The molecule has 1 aliphatic carbocycles. The van der Waals surface area contributed by atoms with Crippen LogP contribution in [0.15, 0.2) is 40.6 Å². The Kier molecular flexibility index (Phi) is 4.97. The molecule has 0 saturated heterocycles. The van der Waals surface area contributed by atoms with Crippen LogP contribution in [0.3, 0.4) is 0 Å². The van der Waals surface area contributed by atoms with Gasteiger partial charge >= 0.3 is 0 Å². The monoisotopic (exact) mass is 331 g/mol. The molecule has 122 valence electrons. The van der Waals surface area contributed by atoms with Crippen molar-refractivity contribution in [3.63, 3.8) is 0 Å². The van der Waals surface area contributed by atoms with Crippen molar-refractivity contribution in [1.82, 2.24) is 14.8 Å². The lowest BCUT2D eigenvalue weighted by Gasteiger charge is -2.14. The zero-order chi connectivity index (χ0) is 16.2. The Morgan fingerprint density at radius 2 is 2.17 bits per heavy atom. The van der Waals surface area contributed by atoms with Crippen LogP contribution in [0.4, 0.5) is 5.69 Å². The first-order chi connectivity index (χ1) is 11.1. The highest BCUT2D eigenvalue weighted by molar-refractivity contribution is 7.99. The predicted molar refractivity (Wildman–Crippen MR) is 90.1 cm³/mol. The van der Waals surface area contributed by atoms with Crippen molar-refractivity contribution in [3.8, 4) is 0 Å². The van der Waals surface area contributed by atoms with Gasteiger partial charge in [-0.2, -0.15) is 0 Å². The quantitative estimate of drug-likeness (QED) is 0.879.